The average molecular weight is 276 g/mol. The van der Waals surface area contributed by atoms with Gasteiger partial charge in [0.05, 0.1) is 11.5 Å². The van der Waals surface area contributed by atoms with Crippen LogP contribution in [0.1, 0.15) is 26.2 Å². The Morgan fingerprint density at radius 3 is 2.67 bits per heavy atom. The van der Waals surface area contributed by atoms with Crippen LogP contribution in [0.2, 0.25) is 0 Å². The Morgan fingerprint density at radius 2 is 2.17 bits per heavy atom. The Labute approximate surface area is 107 Å². The number of rotatable bonds is 2. The maximum Gasteiger partial charge on any atom is 0.323 e. The van der Waals surface area contributed by atoms with Crippen molar-refractivity contribution in [2.75, 3.05) is 18.1 Å². The first-order valence-corrected chi connectivity index (χ1v) is 8.04. The number of hydrogen-bond acceptors (Lipinski definition) is 5. The van der Waals surface area contributed by atoms with Gasteiger partial charge in [0.15, 0.2) is 9.84 Å². The van der Waals surface area contributed by atoms with Gasteiger partial charge in [-0.25, -0.2) is 8.42 Å². The number of carbonyl (C=O) groups is 1. The third kappa shape index (κ3) is 2.53. The Hall–Kier alpha value is -0.660. The highest BCUT2D eigenvalue weighted by molar-refractivity contribution is 7.91. The van der Waals surface area contributed by atoms with E-state index in [9.17, 15) is 13.2 Å². The van der Waals surface area contributed by atoms with Crippen LogP contribution in [-0.2, 0) is 14.6 Å². The zero-order valence-electron chi connectivity index (χ0n) is 10.5. The topological polar surface area (TPSA) is 101 Å². The minimum absolute atomic E-state index is 0.0510. The van der Waals surface area contributed by atoms with Crippen molar-refractivity contribution in [3.8, 4) is 0 Å². The molecular weight excluding hydrogens is 256 g/mol. The molecule has 7 heteroatoms. The van der Waals surface area contributed by atoms with Gasteiger partial charge < -0.3 is 10.8 Å². The van der Waals surface area contributed by atoms with Crippen LogP contribution in [0.15, 0.2) is 0 Å². The lowest BCUT2D eigenvalue weighted by atomic mass is 9.99. The third-order valence-corrected chi connectivity index (χ3v) is 5.94. The van der Waals surface area contributed by atoms with E-state index in [0.29, 0.717) is 19.4 Å². The monoisotopic (exact) mass is 276 g/mol. The largest absolute Gasteiger partial charge is 0.480 e. The van der Waals surface area contributed by atoms with Gasteiger partial charge in [-0.2, -0.15) is 0 Å². The lowest BCUT2D eigenvalue weighted by molar-refractivity contribution is -0.143. The predicted molar refractivity (Wildman–Crippen MR) is 67.0 cm³/mol. The van der Waals surface area contributed by atoms with Gasteiger partial charge >= 0.3 is 5.97 Å². The number of nitrogens with two attached hydrogens (primary N) is 1. The fourth-order valence-electron chi connectivity index (χ4n) is 3.08. The van der Waals surface area contributed by atoms with Crippen molar-refractivity contribution in [2.45, 2.75) is 43.8 Å². The standard InChI is InChI=1S/C11H20N2O4S/c1-8-7-18(16,17)5-4-13(8)9-2-3-11(12,6-9)10(14)15/h8-9H,2-7,12H2,1H3,(H,14,15). The van der Waals surface area contributed by atoms with Crippen molar-refractivity contribution < 1.29 is 18.3 Å². The number of sulfone groups is 1. The molecule has 3 atom stereocenters. The van der Waals surface area contributed by atoms with Crippen molar-refractivity contribution >= 4 is 15.8 Å². The van der Waals surface area contributed by atoms with Crippen molar-refractivity contribution in [2.24, 2.45) is 5.73 Å². The molecule has 3 unspecified atom stereocenters. The molecule has 1 aliphatic heterocycles. The number of nitrogens with zero attached hydrogens (tertiary/aromatic N) is 1. The number of carboxylic acid groups (broad SMARTS) is 1. The molecule has 0 bridgehead atoms. The third-order valence-electron chi connectivity index (χ3n) is 4.14. The lowest BCUT2D eigenvalue weighted by Crippen LogP contribution is -2.53. The molecule has 18 heavy (non-hydrogen) atoms. The second kappa shape index (κ2) is 4.47. The molecule has 6 nitrogen and oxygen atoms in total. The van der Waals surface area contributed by atoms with Crippen LogP contribution >= 0.6 is 0 Å². The zero-order chi connectivity index (χ0) is 13.6. The van der Waals surface area contributed by atoms with Crippen LogP contribution in [-0.4, -0.2) is 60.1 Å². The van der Waals surface area contributed by atoms with Crippen LogP contribution < -0.4 is 5.73 Å². The summed E-state index contributed by atoms with van der Waals surface area (Å²) in [5.41, 5.74) is 4.72. The Balaban J connectivity index is 2.05. The smallest absolute Gasteiger partial charge is 0.323 e. The van der Waals surface area contributed by atoms with E-state index in [-0.39, 0.29) is 23.6 Å². The van der Waals surface area contributed by atoms with Crippen molar-refractivity contribution in [3.63, 3.8) is 0 Å². The molecule has 0 aromatic carbocycles. The van der Waals surface area contributed by atoms with Crippen molar-refractivity contribution in [3.05, 3.63) is 0 Å². The molecule has 0 aromatic rings. The van der Waals surface area contributed by atoms with Crippen LogP contribution in [0.3, 0.4) is 0 Å². The van der Waals surface area contributed by atoms with Crippen molar-refractivity contribution in [1.82, 2.24) is 4.90 Å². The van der Waals surface area contributed by atoms with Crippen molar-refractivity contribution in [1.29, 1.82) is 0 Å². The van der Waals surface area contributed by atoms with Gasteiger partial charge in [-0.3, -0.25) is 9.69 Å². The fraction of sp³-hybridized carbons (Fsp3) is 0.909. The van der Waals surface area contributed by atoms with Gasteiger partial charge in [-0.05, 0) is 26.2 Å². The van der Waals surface area contributed by atoms with E-state index in [2.05, 4.69) is 4.90 Å². The van der Waals surface area contributed by atoms with E-state index in [0.717, 1.165) is 6.42 Å². The highest BCUT2D eigenvalue weighted by atomic mass is 32.2. The van der Waals surface area contributed by atoms with E-state index in [1.54, 1.807) is 0 Å². The quantitative estimate of drug-likeness (QED) is 0.701. The molecule has 0 radical (unpaired) electrons. The van der Waals surface area contributed by atoms with Gasteiger partial charge in [0.1, 0.15) is 5.54 Å². The SMILES string of the molecule is CC1CS(=O)(=O)CCN1C1CCC(N)(C(=O)O)C1. The van der Waals surface area contributed by atoms with E-state index in [1.807, 2.05) is 6.92 Å². The summed E-state index contributed by atoms with van der Waals surface area (Å²) in [5.74, 6) is -0.630. The van der Waals surface area contributed by atoms with Gasteiger partial charge in [0.2, 0.25) is 0 Å². The first-order valence-electron chi connectivity index (χ1n) is 6.22. The van der Waals surface area contributed by atoms with E-state index in [4.69, 9.17) is 10.8 Å². The first-order chi connectivity index (χ1) is 8.23. The Kier molecular flexibility index (Phi) is 3.42. The van der Waals surface area contributed by atoms with Gasteiger partial charge in [-0.1, -0.05) is 0 Å². The normalized spacial score (nSPS) is 40.8. The van der Waals surface area contributed by atoms with E-state index in [1.165, 1.54) is 0 Å². The summed E-state index contributed by atoms with van der Waals surface area (Å²) in [6.07, 6.45) is 1.60. The molecule has 1 aliphatic carbocycles. The maximum absolute atomic E-state index is 11.5. The zero-order valence-corrected chi connectivity index (χ0v) is 11.3. The van der Waals surface area contributed by atoms with Crippen LogP contribution in [0.25, 0.3) is 0 Å². The number of carboxylic acids is 1. The summed E-state index contributed by atoms with van der Waals surface area (Å²) in [5, 5.41) is 9.10. The average Bonchev–Trinajstić information content (AvgIpc) is 2.61. The number of hydrogen-bond donors (Lipinski definition) is 2. The Bertz CT molecular complexity index is 450. The summed E-state index contributed by atoms with van der Waals surface area (Å²) in [4.78, 5) is 13.2. The van der Waals surface area contributed by atoms with Crippen LogP contribution in [0.4, 0.5) is 0 Å². The minimum atomic E-state index is -2.93. The fourth-order valence-corrected chi connectivity index (χ4v) is 4.66. The molecule has 0 amide bonds. The highest BCUT2D eigenvalue weighted by Gasteiger charge is 2.45. The molecule has 0 aromatic heterocycles. The molecule has 3 N–H and O–H groups in total. The van der Waals surface area contributed by atoms with E-state index >= 15 is 0 Å². The summed E-state index contributed by atoms with van der Waals surface area (Å²) in [6, 6.07) is 0.0431. The van der Waals surface area contributed by atoms with Gasteiger partial charge in [0.25, 0.3) is 0 Å². The second-order valence-electron chi connectivity index (χ2n) is 5.56. The summed E-state index contributed by atoms with van der Waals surface area (Å²) in [7, 11) is -2.93. The minimum Gasteiger partial charge on any atom is -0.480 e. The lowest BCUT2D eigenvalue weighted by Gasteiger charge is -2.38. The van der Waals surface area contributed by atoms with Crippen LogP contribution in [0.5, 0.6) is 0 Å². The Morgan fingerprint density at radius 1 is 1.50 bits per heavy atom. The number of aliphatic carboxylic acids is 1. The molecule has 2 rings (SSSR count). The molecular formula is C11H20N2O4S. The molecule has 0 spiro atoms. The van der Waals surface area contributed by atoms with Gasteiger partial charge in [0, 0.05) is 18.6 Å². The molecule has 104 valence electrons. The van der Waals surface area contributed by atoms with E-state index < -0.39 is 21.3 Å². The molecule has 1 heterocycles. The highest BCUT2D eigenvalue weighted by Crippen LogP contribution is 2.33. The summed E-state index contributed by atoms with van der Waals surface area (Å²) >= 11 is 0. The summed E-state index contributed by atoms with van der Waals surface area (Å²) < 4.78 is 23.0. The second-order valence-corrected chi connectivity index (χ2v) is 7.79. The molecule has 1 saturated carbocycles. The van der Waals surface area contributed by atoms with Gasteiger partial charge in [-0.15, -0.1) is 0 Å². The predicted octanol–water partition coefficient (Wildman–Crippen LogP) is -0.560. The maximum atomic E-state index is 11.5. The molecule has 2 aliphatic rings. The first kappa shape index (κ1) is 13.8. The summed E-state index contributed by atoms with van der Waals surface area (Å²) in [6.45, 7) is 2.37. The molecule has 2 fully saturated rings. The molecule has 1 saturated heterocycles. The van der Waals surface area contributed by atoms with Crippen LogP contribution in [0, 0.1) is 0 Å².